The van der Waals surface area contributed by atoms with Crippen molar-refractivity contribution in [2.75, 3.05) is 13.1 Å². The zero-order valence-corrected chi connectivity index (χ0v) is 16.8. The van der Waals surface area contributed by atoms with Crippen LogP contribution in [0.1, 0.15) is 59.3 Å². The lowest BCUT2D eigenvalue weighted by Crippen LogP contribution is -2.51. The molecule has 3 unspecified atom stereocenters. The first-order valence-corrected chi connectivity index (χ1v) is 9.40. The second kappa shape index (κ2) is 8.65. The number of aromatic nitrogens is 2. The maximum absolute atomic E-state index is 13.3. The lowest BCUT2D eigenvalue weighted by molar-refractivity contribution is -0.141. The Labute approximate surface area is 160 Å². The number of ether oxygens (including phenoxy) is 1. The van der Waals surface area contributed by atoms with Crippen molar-refractivity contribution in [3.8, 4) is 0 Å². The summed E-state index contributed by atoms with van der Waals surface area (Å²) in [4.78, 5) is 37.3. The molecule has 1 fully saturated rings. The molecule has 8 heteroatoms. The zero-order valence-electron chi connectivity index (χ0n) is 16.8. The second-order valence-corrected chi connectivity index (χ2v) is 7.75. The van der Waals surface area contributed by atoms with Gasteiger partial charge in [-0.25, -0.2) is 14.8 Å². The number of amides is 2. The number of likely N-dealkylation sites (tertiary alicyclic amines) is 1. The lowest BCUT2D eigenvalue weighted by atomic mass is 10.1. The summed E-state index contributed by atoms with van der Waals surface area (Å²) in [6, 6.07) is 0.400. The van der Waals surface area contributed by atoms with Crippen LogP contribution in [0.4, 0.5) is 4.79 Å². The van der Waals surface area contributed by atoms with Crippen molar-refractivity contribution in [3.05, 3.63) is 24.3 Å². The fraction of sp³-hybridized carbons (Fsp3) is 0.684. The van der Waals surface area contributed by atoms with E-state index in [1.165, 1.54) is 4.90 Å². The molecule has 2 amide bonds. The van der Waals surface area contributed by atoms with Gasteiger partial charge in [-0.2, -0.15) is 0 Å². The van der Waals surface area contributed by atoms with Crippen LogP contribution in [0.25, 0.3) is 0 Å². The van der Waals surface area contributed by atoms with E-state index >= 15 is 0 Å². The molecular weight excluding hydrogens is 348 g/mol. The van der Waals surface area contributed by atoms with Crippen molar-refractivity contribution in [2.24, 2.45) is 0 Å². The normalized spacial score (nSPS) is 19.5. The average Bonchev–Trinajstić information content (AvgIpc) is 3.07. The van der Waals surface area contributed by atoms with E-state index in [1.807, 2.05) is 6.92 Å². The maximum atomic E-state index is 13.3. The van der Waals surface area contributed by atoms with Crippen molar-refractivity contribution < 1.29 is 19.4 Å². The van der Waals surface area contributed by atoms with Crippen molar-refractivity contribution >= 4 is 12.0 Å². The smallest absolute Gasteiger partial charge is 0.410 e. The molecule has 3 atom stereocenters. The third-order valence-corrected chi connectivity index (χ3v) is 4.43. The fourth-order valence-electron chi connectivity index (χ4n) is 3.32. The monoisotopic (exact) mass is 378 g/mol. The van der Waals surface area contributed by atoms with E-state index in [0.717, 1.165) is 6.42 Å². The quantitative estimate of drug-likeness (QED) is 0.843. The number of carbonyl (C=O) groups is 2. The van der Waals surface area contributed by atoms with Gasteiger partial charge in [0.25, 0.3) is 0 Å². The molecule has 0 aromatic carbocycles. The minimum Gasteiger partial charge on any atom is -0.444 e. The van der Waals surface area contributed by atoms with E-state index in [4.69, 9.17) is 4.74 Å². The molecule has 1 saturated heterocycles. The maximum Gasteiger partial charge on any atom is 0.410 e. The summed E-state index contributed by atoms with van der Waals surface area (Å²) in [5, 5.41) is 10.3. The van der Waals surface area contributed by atoms with Gasteiger partial charge in [-0.1, -0.05) is 0 Å². The van der Waals surface area contributed by atoms with Gasteiger partial charge >= 0.3 is 6.09 Å². The van der Waals surface area contributed by atoms with Gasteiger partial charge in [0.2, 0.25) is 5.91 Å². The van der Waals surface area contributed by atoms with Gasteiger partial charge in [0.05, 0.1) is 6.10 Å². The third-order valence-electron chi connectivity index (χ3n) is 4.43. The Kier molecular flexibility index (Phi) is 6.75. The zero-order chi connectivity index (χ0) is 20.2. The molecular formula is C19H30N4O4. The highest BCUT2D eigenvalue weighted by Gasteiger charge is 2.41. The number of hydrogen-bond donors (Lipinski definition) is 1. The van der Waals surface area contributed by atoms with E-state index in [2.05, 4.69) is 9.97 Å². The molecule has 0 bridgehead atoms. The average molecular weight is 378 g/mol. The summed E-state index contributed by atoms with van der Waals surface area (Å²) in [7, 11) is 0. The Morgan fingerprint density at radius 2 is 2.00 bits per heavy atom. The molecule has 8 nitrogen and oxygen atoms in total. The van der Waals surface area contributed by atoms with Crippen LogP contribution in [0.5, 0.6) is 0 Å². The first-order valence-electron chi connectivity index (χ1n) is 9.40. The summed E-state index contributed by atoms with van der Waals surface area (Å²) < 4.78 is 5.45. The van der Waals surface area contributed by atoms with E-state index in [0.29, 0.717) is 25.3 Å². The highest BCUT2D eigenvalue weighted by atomic mass is 16.6. The van der Waals surface area contributed by atoms with Crippen molar-refractivity contribution in [1.29, 1.82) is 0 Å². The Balaban J connectivity index is 2.25. The number of aliphatic hydroxyl groups is 1. The highest BCUT2D eigenvalue weighted by Crippen LogP contribution is 2.27. The lowest BCUT2D eigenvalue weighted by Gasteiger charge is -2.36. The Bertz CT molecular complexity index is 645. The fourth-order valence-corrected chi connectivity index (χ4v) is 3.32. The number of carbonyl (C=O) groups excluding carboxylic acids is 2. The number of rotatable bonds is 5. The molecule has 1 aliphatic heterocycles. The molecule has 0 saturated carbocycles. The standard InChI is InChI=1S/C19H30N4O4/c1-6-22(15(13(2)24)16-20-10-8-11-21-16)17(25)14-9-7-12-23(14)18(26)27-19(3,4)5/h8,10-11,13-15,24H,6-7,9,12H2,1-5H3. The largest absolute Gasteiger partial charge is 0.444 e. The minimum absolute atomic E-state index is 0.223. The summed E-state index contributed by atoms with van der Waals surface area (Å²) in [6.45, 7) is 9.68. The molecule has 1 N–H and O–H groups in total. The molecule has 0 spiro atoms. The highest BCUT2D eigenvalue weighted by molar-refractivity contribution is 5.86. The Morgan fingerprint density at radius 3 is 2.52 bits per heavy atom. The molecule has 2 rings (SSSR count). The Hall–Kier alpha value is -2.22. The molecule has 1 aromatic heterocycles. The van der Waals surface area contributed by atoms with Gasteiger partial charge in [-0.15, -0.1) is 0 Å². The van der Waals surface area contributed by atoms with E-state index in [1.54, 1.807) is 51.1 Å². The summed E-state index contributed by atoms with van der Waals surface area (Å²) in [5.74, 6) is 0.156. The van der Waals surface area contributed by atoms with Gasteiger partial charge in [0, 0.05) is 25.5 Å². The van der Waals surface area contributed by atoms with Crippen LogP contribution in [0.3, 0.4) is 0 Å². The van der Waals surface area contributed by atoms with Crippen LogP contribution >= 0.6 is 0 Å². The predicted molar refractivity (Wildman–Crippen MR) is 99.8 cm³/mol. The Morgan fingerprint density at radius 1 is 1.37 bits per heavy atom. The number of nitrogens with zero attached hydrogens (tertiary/aromatic N) is 4. The molecule has 1 aliphatic rings. The van der Waals surface area contributed by atoms with Crippen LogP contribution in [-0.4, -0.2) is 67.7 Å². The molecule has 27 heavy (non-hydrogen) atoms. The van der Waals surface area contributed by atoms with Crippen molar-refractivity contribution in [3.63, 3.8) is 0 Å². The topological polar surface area (TPSA) is 95.9 Å². The van der Waals surface area contributed by atoms with Crippen molar-refractivity contribution in [1.82, 2.24) is 19.8 Å². The predicted octanol–water partition coefficient (Wildman–Crippen LogP) is 2.15. The van der Waals surface area contributed by atoms with E-state index in [-0.39, 0.29) is 5.91 Å². The van der Waals surface area contributed by atoms with Gasteiger partial charge in [0.1, 0.15) is 17.7 Å². The molecule has 0 aliphatic carbocycles. The van der Waals surface area contributed by atoms with Crippen LogP contribution in [0.2, 0.25) is 0 Å². The first kappa shape index (κ1) is 21.1. The summed E-state index contributed by atoms with van der Waals surface area (Å²) in [5.41, 5.74) is -0.627. The first-order chi connectivity index (χ1) is 12.7. The number of hydrogen-bond acceptors (Lipinski definition) is 6. The van der Waals surface area contributed by atoms with Crippen LogP contribution < -0.4 is 0 Å². The SMILES string of the molecule is CCN(C(=O)C1CCCN1C(=O)OC(C)(C)C)C(c1ncccn1)C(C)O. The van der Waals surface area contributed by atoms with E-state index < -0.39 is 29.9 Å². The van der Waals surface area contributed by atoms with Gasteiger partial charge in [-0.05, 0) is 53.5 Å². The van der Waals surface area contributed by atoms with Gasteiger partial charge in [-0.3, -0.25) is 9.69 Å². The van der Waals surface area contributed by atoms with Crippen LogP contribution in [0.15, 0.2) is 18.5 Å². The number of aliphatic hydroxyl groups excluding tert-OH is 1. The van der Waals surface area contributed by atoms with Crippen LogP contribution in [0, 0.1) is 0 Å². The van der Waals surface area contributed by atoms with Crippen LogP contribution in [-0.2, 0) is 9.53 Å². The van der Waals surface area contributed by atoms with E-state index in [9.17, 15) is 14.7 Å². The molecule has 150 valence electrons. The van der Waals surface area contributed by atoms with Gasteiger partial charge in [0.15, 0.2) is 5.82 Å². The molecule has 0 radical (unpaired) electrons. The molecule has 2 heterocycles. The van der Waals surface area contributed by atoms with Gasteiger partial charge < -0.3 is 14.7 Å². The minimum atomic E-state index is -0.854. The second-order valence-electron chi connectivity index (χ2n) is 7.75. The summed E-state index contributed by atoms with van der Waals surface area (Å²) >= 11 is 0. The summed E-state index contributed by atoms with van der Waals surface area (Å²) in [6.07, 6.45) is 3.12. The third kappa shape index (κ3) is 5.15. The van der Waals surface area contributed by atoms with Crippen molar-refractivity contribution in [2.45, 2.75) is 71.2 Å². The molecule has 1 aromatic rings. The number of likely N-dealkylation sites (N-methyl/N-ethyl adjacent to an activating group) is 1.